The highest BCUT2D eigenvalue weighted by molar-refractivity contribution is 6.51. The second kappa shape index (κ2) is 8.57. The highest BCUT2D eigenvalue weighted by Crippen LogP contribution is 2.36. The van der Waals surface area contributed by atoms with E-state index < -0.39 is 29.4 Å². The van der Waals surface area contributed by atoms with Crippen molar-refractivity contribution in [3.8, 4) is 0 Å². The third-order valence-electron chi connectivity index (χ3n) is 4.96. The van der Waals surface area contributed by atoms with Crippen molar-refractivity contribution >= 4 is 13.0 Å². The van der Waals surface area contributed by atoms with E-state index >= 15 is 0 Å². The van der Waals surface area contributed by atoms with Gasteiger partial charge in [-0.25, -0.2) is 0 Å². The van der Waals surface area contributed by atoms with Gasteiger partial charge >= 0.3 is 12.4 Å². The number of H-pyrrole nitrogens is 1. The van der Waals surface area contributed by atoms with E-state index in [-0.39, 0.29) is 0 Å². The normalized spacial score (nSPS) is 12.4. The minimum absolute atomic E-state index is 0.305. The van der Waals surface area contributed by atoms with Gasteiger partial charge in [0.1, 0.15) is 0 Å². The van der Waals surface area contributed by atoms with Gasteiger partial charge in [-0.2, -0.15) is 26.3 Å². The summed E-state index contributed by atoms with van der Waals surface area (Å²) in [6.45, 7) is 1.95. The number of halogens is 6. The Kier molecular flexibility index (Phi) is 6.29. The summed E-state index contributed by atoms with van der Waals surface area (Å²) in [4.78, 5) is 7.37. The number of nitrogens with zero attached hydrogens (tertiary/aromatic N) is 1. The van der Waals surface area contributed by atoms with Crippen molar-refractivity contribution in [2.75, 3.05) is 0 Å². The van der Waals surface area contributed by atoms with Gasteiger partial charge in [-0.3, -0.25) is 4.98 Å². The smallest absolute Gasteiger partial charge is 0.354 e. The third kappa shape index (κ3) is 5.26. The van der Waals surface area contributed by atoms with E-state index in [1.54, 1.807) is 6.20 Å². The maximum absolute atomic E-state index is 13.2. The fraction of sp³-hybridized carbons (Fsp3) is 0.286. The fourth-order valence-electron chi connectivity index (χ4n) is 3.38. The standard InChI is InChI=1S/C21H19BF6N2/c1-2-17-12-29-19(30-17)22-11-18(13-5-3-7-15(9-13)20(23,24)25)14-6-4-8-16(10-14)21(26,27)28/h3-10,12,18,22H,2,11H2,1H3,(H,29,30). The fourth-order valence-corrected chi connectivity index (χ4v) is 3.38. The summed E-state index contributed by atoms with van der Waals surface area (Å²) in [6.07, 6.45) is -6.34. The quantitative estimate of drug-likeness (QED) is 0.421. The zero-order chi connectivity index (χ0) is 21.9. The molecule has 1 aromatic heterocycles. The predicted octanol–water partition coefficient (Wildman–Crippen LogP) is 5.32. The molecule has 30 heavy (non-hydrogen) atoms. The number of alkyl halides is 6. The average molecular weight is 424 g/mol. The largest absolute Gasteiger partial charge is 0.416 e. The van der Waals surface area contributed by atoms with Gasteiger partial charge in [0, 0.05) is 17.8 Å². The van der Waals surface area contributed by atoms with Crippen molar-refractivity contribution in [2.24, 2.45) is 0 Å². The van der Waals surface area contributed by atoms with E-state index in [9.17, 15) is 26.3 Å². The Balaban J connectivity index is 1.98. The first kappa shape index (κ1) is 22.0. The molecule has 0 spiro atoms. The molecule has 0 fully saturated rings. The van der Waals surface area contributed by atoms with Crippen molar-refractivity contribution in [1.29, 1.82) is 0 Å². The van der Waals surface area contributed by atoms with Crippen molar-refractivity contribution < 1.29 is 26.3 Å². The highest BCUT2D eigenvalue weighted by atomic mass is 19.4. The number of nitrogens with one attached hydrogen (secondary N) is 1. The molecule has 2 aromatic carbocycles. The van der Waals surface area contributed by atoms with Crippen LogP contribution in [0.5, 0.6) is 0 Å². The number of aromatic nitrogens is 2. The van der Waals surface area contributed by atoms with E-state index in [0.717, 1.165) is 36.4 Å². The molecule has 0 unspecified atom stereocenters. The van der Waals surface area contributed by atoms with Crippen LogP contribution in [0.1, 0.15) is 40.8 Å². The Morgan fingerprint density at radius 3 is 1.87 bits per heavy atom. The minimum Gasteiger partial charge on any atom is -0.354 e. The number of aryl methyl sites for hydroxylation is 1. The molecule has 0 aliphatic rings. The second-order valence-electron chi connectivity index (χ2n) is 7.05. The summed E-state index contributed by atoms with van der Waals surface area (Å²) >= 11 is 0. The van der Waals surface area contributed by atoms with Crippen molar-refractivity contribution in [2.45, 2.75) is 37.9 Å². The predicted molar refractivity (Wildman–Crippen MR) is 104 cm³/mol. The number of hydrogen-bond donors (Lipinski definition) is 1. The number of benzene rings is 2. The molecule has 1 heterocycles. The summed E-state index contributed by atoms with van der Waals surface area (Å²) in [5.74, 6) is -0.648. The zero-order valence-corrected chi connectivity index (χ0v) is 16.1. The van der Waals surface area contributed by atoms with Crippen LogP contribution < -0.4 is 5.72 Å². The molecule has 0 radical (unpaired) electrons. The minimum atomic E-state index is -4.54. The number of rotatable bonds is 6. The van der Waals surface area contributed by atoms with E-state index in [2.05, 4.69) is 9.97 Å². The Morgan fingerprint density at radius 1 is 0.900 bits per heavy atom. The van der Waals surface area contributed by atoms with E-state index in [4.69, 9.17) is 0 Å². The molecular weight excluding hydrogens is 405 g/mol. The van der Waals surface area contributed by atoms with Crippen LogP contribution in [0.2, 0.25) is 6.32 Å². The number of aromatic amines is 1. The van der Waals surface area contributed by atoms with Crippen LogP contribution in [0.4, 0.5) is 26.3 Å². The van der Waals surface area contributed by atoms with Crippen molar-refractivity contribution in [3.05, 3.63) is 82.7 Å². The Labute approximate surface area is 170 Å². The summed E-state index contributed by atoms with van der Waals surface area (Å²) < 4.78 is 79.1. The second-order valence-corrected chi connectivity index (χ2v) is 7.05. The SMILES string of the molecule is CCc1cnc(BCC(c2cccc(C(F)(F)F)c2)c2cccc(C(F)(F)F)c2)[nH]1. The van der Waals surface area contributed by atoms with Gasteiger partial charge in [-0.1, -0.05) is 49.6 Å². The molecule has 0 amide bonds. The lowest BCUT2D eigenvalue weighted by molar-refractivity contribution is -0.138. The molecule has 0 bridgehead atoms. The van der Waals surface area contributed by atoms with Gasteiger partial charge in [-0.05, 0) is 29.7 Å². The summed E-state index contributed by atoms with van der Waals surface area (Å²) in [5.41, 5.74) is 0.528. The first-order valence-electron chi connectivity index (χ1n) is 9.45. The van der Waals surface area contributed by atoms with Crippen LogP contribution in [0.3, 0.4) is 0 Å². The lowest BCUT2D eigenvalue weighted by Gasteiger charge is -2.20. The molecule has 9 heteroatoms. The molecule has 2 nitrogen and oxygen atoms in total. The third-order valence-corrected chi connectivity index (χ3v) is 4.96. The van der Waals surface area contributed by atoms with Gasteiger partial charge in [0.2, 0.25) is 7.28 Å². The van der Waals surface area contributed by atoms with E-state index in [1.165, 1.54) is 24.3 Å². The highest BCUT2D eigenvalue weighted by Gasteiger charge is 2.33. The Hall–Kier alpha value is -2.71. The van der Waals surface area contributed by atoms with E-state index in [1.807, 2.05) is 6.92 Å². The molecule has 0 saturated carbocycles. The first-order chi connectivity index (χ1) is 14.1. The van der Waals surface area contributed by atoms with E-state index in [0.29, 0.717) is 30.5 Å². The van der Waals surface area contributed by atoms with Gasteiger partial charge in [-0.15, -0.1) is 0 Å². The van der Waals surface area contributed by atoms with Crippen LogP contribution in [0.25, 0.3) is 0 Å². The number of hydrogen-bond acceptors (Lipinski definition) is 1. The Morgan fingerprint density at radius 2 is 1.43 bits per heavy atom. The molecule has 0 aliphatic carbocycles. The summed E-state index contributed by atoms with van der Waals surface area (Å²) in [5, 5.41) is 0. The maximum atomic E-state index is 13.2. The van der Waals surface area contributed by atoms with Crippen LogP contribution in [-0.4, -0.2) is 17.2 Å². The number of imidazole rings is 1. The lowest BCUT2D eigenvalue weighted by atomic mass is 9.65. The van der Waals surface area contributed by atoms with Crippen LogP contribution in [0.15, 0.2) is 54.7 Å². The monoisotopic (exact) mass is 424 g/mol. The van der Waals surface area contributed by atoms with Crippen LogP contribution >= 0.6 is 0 Å². The molecule has 3 rings (SSSR count). The lowest BCUT2D eigenvalue weighted by Crippen LogP contribution is -2.21. The van der Waals surface area contributed by atoms with Gasteiger partial charge < -0.3 is 4.98 Å². The topological polar surface area (TPSA) is 28.7 Å². The van der Waals surface area contributed by atoms with Gasteiger partial charge in [0.15, 0.2) is 0 Å². The summed E-state index contributed by atoms with van der Waals surface area (Å²) in [7, 11) is 0.386. The maximum Gasteiger partial charge on any atom is 0.416 e. The average Bonchev–Trinajstić information content (AvgIpc) is 3.15. The molecule has 1 N–H and O–H groups in total. The van der Waals surface area contributed by atoms with Gasteiger partial charge in [0.05, 0.1) is 16.9 Å². The van der Waals surface area contributed by atoms with Crippen molar-refractivity contribution in [3.63, 3.8) is 0 Å². The molecule has 3 aromatic rings. The molecular formula is C21H19BF6N2. The summed E-state index contributed by atoms with van der Waals surface area (Å²) in [6, 6.07) is 9.50. The van der Waals surface area contributed by atoms with Crippen molar-refractivity contribution in [1.82, 2.24) is 9.97 Å². The van der Waals surface area contributed by atoms with Crippen LogP contribution in [-0.2, 0) is 18.8 Å². The Bertz CT molecular complexity index is 936. The zero-order valence-electron chi connectivity index (χ0n) is 16.1. The molecule has 0 atom stereocenters. The molecule has 158 valence electrons. The van der Waals surface area contributed by atoms with Crippen LogP contribution in [0, 0.1) is 0 Å². The van der Waals surface area contributed by atoms with Gasteiger partial charge in [0.25, 0.3) is 0 Å². The first-order valence-corrected chi connectivity index (χ1v) is 9.45. The molecule has 0 aliphatic heterocycles. The molecule has 0 saturated heterocycles.